The van der Waals surface area contributed by atoms with Gasteiger partial charge in [0.05, 0.1) is 4.75 Å². The Balaban J connectivity index is 1.88. The predicted molar refractivity (Wildman–Crippen MR) is 91.1 cm³/mol. The van der Waals surface area contributed by atoms with E-state index in [1.54, 1.807) is 20.8 Å². The number of sulfonamides is 1. The monoisotopic (exact) mass is 414 g/mol. The van der Waals surface area contributed by atoms with Crippen molar-refractivity contribution in [2.45, 2.75) is 63.4 Å². The first-order valence-corrected chi connectivity index (χ1v) is 10.3. The summed E-state index contributed by atoms with van der Waals surface area (Å²) < 4.78 is 63.6. The molecule has 1 heterocycles. The number of aromatic nitrogens is 2. The van der Waals surface area contributed by atoms with Crippen LogP contribution in [-0.4, -0.2) is 35.3 Å². The number of carbonyl (C=O) groups excluding carboxylic acids is 1. The molecule has 1 aromatic rings. The lowest BCUT2D eigenvalue weighted by Gasteiger charge is -2.30. The van der Waals surface area contributed by atoms with Crippen molar-refractivity contribution in [1.29, 1.82) is 0 Å². The molecule has 1 amide bonds. The van der Waals surface area contributed by atoms with Crippen LogP contribution >= 0.6 is 11.3 Å². The number of amides is 1. The third-order valence-corrected chi connectivity index (χ3v) is 7.26. The van der Waals surface area contributed by atoms with E-state index in [1.165, 1.54) is 0 Å². The van der Waals surface area contributed by atoms with Crippen molar-refractivity contribution in [2.24, 2.45) is 5.92 Å². The van der Waals surface area contributed by atoms with Crippen molar-refractivity contribution < 1.29 is 26.4 Å². The second-order valence-corrected chi connectivity index (χ2v) is 10.6. The molecule has 1 fully saturated rings. The molecule has 0 aliphatic heterocycles. The number of hydrogen-bond donors (Lipinski definition) is 2. The van der Waals surface area contributed by atoms with E-state index in [9.17, 15) is 26.4 Å². The van der Waals surface area contributed by atoms with E-state index >= 15 is 0 Å². The Kier molecular flexibility index (Phi) is 5.98. The van der Waals surface area contributed by atoms with E-state index in [0.29, 0.717) is 25.7 Å². The summed E-state index contributed by atoms with van der Waals surface area (Å²) in [6.45, 7) is 4.81. The summed E-state index contributed by atoms with van der Waals surface area (Å²) in [7, 11) is -3.47. The molecule has 12 heteroatoms. The number of hydrogen-bond acceptors (Lipinski definition) is 6. The summed E-state index contributed by atoms with van der Waals surface area (Å²) in [6.07, 6.45) is -2.75. The Hall–Kier alpha value is -1.27. The Bertz CT molecular complexity index is 748. The largest absolute Gasteiger partial charge is 0.445 e. The van der Waals surface area contributed by atoms with Gasteiger partial charge in [0.1, 0.15) is 0 Å². The van der Waals surface area contributed by atoms with Gasteiger partial charge in [-0.1, -0.05) is 11.3 Å². The van der Waals surface area contributed by atoms with Crippen LogP contribution < -0.4 is 10.0 Å². The third-order valence-electron chi connectivity index (χ3n) is 4.12. The summed E-state index contributed by atoms with van der Waals surface area (Å²) >= 11 is 0.272. The van der Waals surface area contributed by atoms with Gasteiger partial charge in [0.25, 0.3) is 0 Å². The van der Waals surface area contributed by atoms with Crippen molar-refractivity contribution in [3.8, 4) is 0 Å². The van der Waals surface area contributed by atoms with Crippen LogP contribution in [0.5, 0.6) is 0 Å². The lowest BCUT2D eigenvalue weighted by Crippen LogP contribution is -2.46. The van der Waals surface area contributed by atoms with Crippen molar-refractivity contribution in [3.05, 3.63) is 5.01 Å². The fraction of sp³-hybridized carbons (Fsp3) is 0.786. The molecule has 0 unspecified atom stereocenters. The minimum atomic E-state index is -4.59. The molecular weight excluding hydrogens is 393 g/mol. The van der Waals surface area contributed by atoms with Gasteiger partial charge in [-0.25, -0.2) is 13.1 Å². The van der Waals surface area contributed by atoms with Gasteiger partial charge in [-0.05, 0) is 46.5 Å². The Morgan fingerprint density at radius 1 is 1.12 bits per heavy atom. The van der Waals surface area contributed by atoms with Gasteiger partial charge in [-0.3, -0.25) is 4.79 Å². The standard InChI is InChI=1S/C14H21F3N4O3S2/c1-13(2,3)26(23,24)21-9-6-4-8(5-7-9)10(22)18-12-20-19-11(25-12)14(15,16)17/h8-9,21H,4-7H2,1-3H3,(H,18,20,22)/t8-,9-. The van der Waals surface area contributed by atoms with Gasteiger partial charge in [0.15, 0.2) is 0 Å². The number of carbonyl (C=O) groups is 1. The van der Waals surface area contributed by atoms with Gasteiger partial charge in [-0.2, -0.15) is 13.2 Å². The highest BCUT2D eigenvalue weighted by Gasteiger charge is 2.37. The number of nitrogens with zero attached hydrogens (tertiary/aromatic N) is 2. The first-order valence-electron chi connectivity index (χ1n) is 8.03. The molecule has 1 aliphatic rings. The summed E-state index contributed by atoms with van der Waals surface area (Å²) in [5.41, 5.74) is 0. The first kappa shape index (κ1) is 21.0. The summed E-state index contributed by atoms with van der Waals surface area (Å²) in [4.78, 5) is 12.2. The molecule has 1 aromatic heterocycles. The maximum absolute atomic E-state index is 12.5. The molecule has 1 aliphatic carbocycles. The van der Waals surface area contributed by atoms with E-state index in [1.807, 2.05) is 0 Å². The zero-order valence-electron chi connectivity index (χ0n) is 14.6. The van der Waals surface area contributed by atoms with Crippen LogP contribution in [0, 0.1) is 5.92 Å². The van der Waals surface area contributed by atoms with Crippen molar-refractivity contribution >= 4 is 32.4 Å². The van der Waals surface area contributed by atoms with Gasteiger partial charge >= 0.3 is 6.18 Å². The average Bonchev–Trinajstić information content (AvgIpc) is 2.95. The molecule has 1 saturated carbocycles. The van der Waals surface area contributed by atoms with Crippen LogP contribution in [0.25, 0.3) is 0 Å². The second kappa shape index (κ2) is 7.39. The fourth-order valence-electron chi connectivity index (χ4n) is 2.47. The summed E-state index contributed by atoms with van der Waals surface area (Å²) in [5, 5.41) is 7.39. The fourth-order valence-corrected chi connectivity index (χ4v) is 4.11. The Morgan fingerprint density at radius 3 is 2.15 bits per heavy atom. The van der Waals surface area contributed by atoms with Crippen LogP contribution in [0.1, 0.15) is 51.5 Å². The molecule has 2 rings (SSSR count). The van der Waals surface area contributed by atoms with E-state index in [4.69, 9.17) is 0 Å². The molecule has 26 heavy (non-hydrogen) atoms. The van der Waals surface area contributed by atoms with Crippen molar-refractivity contribution in [2.75, 3.05) is 5.32 Å². The maximum atomic E-state index is 12.5. The normalized spacial score (nSPS) is 22.2. The SMILES string of the molecule is CC(C)(C)S(=O)(=O)N[C@H]1CC[C@H](C(=O)Nc2nnc(C(F)(F)F)s2)CC1. The zero-order chi connectivity index (χ0) is 19.8. The van der Waals surface area contributed by atoms with E-state index in [-0.39, 0.29) is 22.5 Å². The van der Waals surface area contributed by atoms with Gasteiger partial charge in [0, 0.05) is 12.0 Å². The number of alkyl halides is 3. The lowest BCUT2D eigenvalue weighted by molar-refractivity contribution is -0.138. The minimum absolute atomic E-state index is 0.196. The van der Waals surface area contributed by atoms with Crippen molar-refractivity contribution in [1.82, 2.24) is 14.9 Å². The highest BCUT2D eigenvalue weighted by Crippen LogP contribution is 2.33. The molecule has 7 nitrogen and oxygen atoms in total. The van der Waals surface area contributed by atoms with Gasteiger partial charge in [-0.15, -0.1) is 10.2 Å². The highest BCUT2D eigenvalue weighted by atomic mass is 32.2. The molecule has 0 radical (unpaired) electrons. The van der Waals surface area contributed by atoms with Crippen LogP contribution in [0.3, 0.4) is 0 Å². The average molecular weight is 414 g/mol. The number of anilines is 1. The number of rotatable bonds is 4. The van der Waals surface area contributed by atoms with Crippen molar-refractivity contribution in [3.63, 3.8) is 0 Å². The number of nitrogens with one attached hydrogen (secondary N) is 2. The maximum Gasteiger partial charge on any atom is 0.445 e. The topological polar surface area (TPSA) is 101 Å². The Labute approximate surface area is 153 Å². The first-order chi connectivity index (χ1) is 11.8. The van der Waals surface area contributed by atoms with E-state index in [0.717, 1.165) is 0 Å². The van der Waals surface area contributed by atoms with Crippen LogP contribution in [-0.2, 0) is 21.0 Å². The van der Waals surface area contributed by atoms with Crippen LogP contribution in [0.15, 0.2) is 0 Å². The lowest BCUT2D eigenvalue weighted by atomic mass is 9.86. The third kappa shape index (κ3) is 5.13. The highest BCUT2D eigenvalue weighted by molar-refractivity contribution is 7.90. The van der Waals surface area contributed by atoms with Crippen LogP contribution in [0.2, 0.25) is 0 Å². The Morgan fingerprint density at radius 2 is 1.69 bits per heavy atom. The molecule has 0 atom stereocenters. The quantitative estimate of drug-likeness (QED) is 0.789. The summed E-state index contributed by atoms with van der Waals surface area (Å²) in [6, 6.07) is -0.248. The molecule has 2 N–H and O–H groups in total. The van der Waals surface area contributed by atoms with Gasteiger partial charge in [0.2, 0.25) is 26.1 Å². The minimum Gasteiger partial charge on any atom is -0.300 e. The van der Waals surface area contributed by atoms with Crippen LogP contribution in [0.4, 0.5) is 18.3 Å². The molecule has 0 aromatic carbocycles. The molecule has 148 valence electrons. The molecular formula is C14H21F3N4O3S2. The zero-order valence-corrected chi connectivity index (χ0v) is 16.2. The predicted octanol–water partition coefficient (Wildman–Crippen LogP) is 2.77. The number of halogens is 3. The van der Waals surface area contributed by atoms with Gasteiger partial charge < -0.3 is 5.32 Å². The summed E-state index contributed by atoms with van der Waals surface area (Å²) in [5.74, 6) is -0.823. The van der Waals surface area contributed by atoms with E-state index < -0.39 is 37.8 Å². The second-order valence-electron chi connectivity index (χ2n) is 7.18. The smallest absolute Gasteiger partial charge is 0.300 e. The molecule has 0 saturated heterocycles. The van der Waals surface area contributed by atoms with E-state index in [2.05, 4.69) is 20.2 Å². The molecule has 0 bridgehead atoms. The molecule has 0 spiro atoms.